The van der Waals surface area contributed by atoms with Crippen molar-refractivity contribution in [3.05, 3.63) is 35.0 Å². The van der Waals surface area contributed by atoms with Crippen molar-refractivity contribution in [1.29, 1.82) is 0 Å². The van der Waals surface area contributed by atoms with Crippen LogP contribution in [0.2, 0.25) is 5.02 Å². The van der Waals surface area contributed by atoms with E-state index in [0.29, 0.717) is 46.2 Å². The summed E-state index contributed by atoms with van der Waals surface area (Å²) in [6, 6.07) is 0. The number of nitrogens with zero attached hydrogens (tertiary/aromatic N) is 5. The number of carbonyl (C=O) groups excluding carboxylic acids is 1. The Hall–Kier alpha value is -2.79. The molecule has 12 heteroatoms. The third kappa shape index (κ3) is 5.59. The summed E-state index contributed by atoms with van der Waals surface area (Å²) in [4.78, 5) is 31.9. The van der Waals surface area contributed by atoms with Gasteiger partial charge < -0.3 is 20.7 Å². The summed E-state index contributed by atoms with van der Waals surface area (Å²) in [6.07, 6.45) is 6.62. The monoisotopic (exact) mass is 491 g/mol. The first-order valence-electron chi connectivity index (χ1n) is 10.6. The summed E-state index contributed by atoms with van der Waals surface area (Å²) in [6.45, 7) is 5.17. The molecule has 176 valence electrons. The molecule has 0 aromatic carbocycles. The number of fused-ring (bicyclic) bond motifs is 1. The molecule has 0 saturated heterocycles. The Balaban J connectivity index is 1.56. The Morgan fingerprint density at radius 1 is 1.27 bits per heavy atom. The summed E-state index contributed by atoms with van der Waals surface area (Å²) in [5.74, 6) is 2.26. The lowest BCUT2D eigenvalue weighted by Gasteiger charge is -2.28. The van der Waals surface area contributed by atoms with Gasteiger partial charge in [-0.05, 0) is 32.3 Å². The summed E-state index contributed by atoms with van der Waals surface area (Å²) in [7, 11) is -1.18. The quantitative estimate of drug-likeness (QED) is 0.624. The van der Waals surface area contributed by atoms with Gasteiger partial charge in [-0.1, -0.05) is 17.7 Å². The van der Waals surface area contributed by atoms with Crippen molar-refractivity contribution >= 4 is 45.8 Å². The summed E-state index contributed by atoms with van der Waals surface area (Å²) >= 11 is 5.91. The zero-order valence-corrected chi connectivity index (χ0v) is 20.1. The predicted molar refractivity (Wildman–Crippen MR) is 127 cm³/mol. The molecule has 0 unspecified atom stereocenters. The van der Waals surface area contributed by atoms with Crippen LogP contribution in [-0.2, 0) is 22.0 Å². The number of ether oxygens (including phenoxy) is 1. The van der Waals surface area contributed by atoms with Gasteiger partial charge in [-0.15, -0.1) is 0 Å². The van der Waals surface area contributed by atoms with E-state index in [4.69, 9.17) is 32.0 Å². The summed E-state index contributed by atoms with van der Waals surface area (Å²) < 4.78 is 17.6. The Morgan fingerprint density at radius 2 is 2.03 bits per heavy atom. The van der Waals surface area contributed by atoms with Crippen molar-refractivity contribution < 1.29 is 13.7 Å². The summed E-state index contributed by atoms with van der Waals surface area (Å²) in [5.41, 5.74) is 6.28. The minimum atomic E-state index is -1.18. The maximum atomic E-state index is 12.6. The number of primary amides is 1. The number of nitrogens with one attached hydrogen (secondary N) is 1. The van der Waals surface area contributed by atoms with Gasteiger partial charge in [0.15, 0.2) is 5.82 Å². The molecule has 2 aromatic heterocycles. The molecular weight excluding hydrogens is 466 g/mol. The molecule has 0 fully saturated rings. The fraction of sp³-hybridized carbons (Fsp3) is 0.476. The fourth-order valence-electron chi connectivity index (χ4n) is 3.76. The first-order chi connectivity index (χ1) is 15.7. The van der Waals surface area contributed by atoms with Crippen LogP contribution in [0.25, 0.3) is 5.57 Å². The highest BCUT2D eigenvalue weighted by Gasteiger charge is 2.31. The molecule has 0 spiro atoms. The zero-order chi connectivity index (χ0) is 23.6. The third-order valence-corrected chi connectivity index (χ3v) is 6.99. The van der Waals surface area contributed by atoms with E-state index in [0.717, 1.165) is 30.7 Å². The van der Waals surface area contributed by atoms with Gasteiger partial charge >= 0.3 is 6.09 Å². The van der Waals surface area contributed by atoms with Crippen LogP contribution in [0.15, 0.2) is 23.4 Å². The van der Waals surface area contributed by atoms with Crippen molar-refractivity contribution in [3.63, 3.8) is 0 Å². The molecule has 4 rings (SSSR count). The van der Waals surface area contributed by atoms with E-state index < -0.39 is 22.4 Å². The molecule has 0 saturated carbocycles. The number of nitrogens with two attached hydrogens (primary N) is 1. The second-order valence-corrected chi connectivity index (χ2v) is 10.5. The Morgan fingerprint density at radius 3 is 2.76 bits per heavy atom. The van der Waals surface area contributed by atoms with Crippen LogP contribution in [0.5, 0.6) is 0 Å². The molecule has 0 aliphatic carbocycles. The lowest BCUT2D eigenvalue weighted by Crippen LogP contribution is -2.39. The highest BCUT2D eigenvalue weighted by atomic mass is 35.5. The van der Waals surface area contributed by atoms with Gasteiger partial charge in [-0.25, -0.2) is 19.7 Å². The topological polar surface area (TPSA) is 136 Å². The standard InChI is InChI=1S/C21H26ClN7O3S/c1-21(2,12-32-19(23)30)28-18-16-15(6-9-33(16)31)26-20(27-18)29-7-3-4-13(5-8-29)17-24-10-14(22)11-25-17/h4,10-11H,3,5-9,12H2,1-2H3,(H2,23,30)(H,26,27,28)/t33-/m0/s1. The van der Waals surface area contributed by atoms with Crippen molar-refractivity contribution in [2.75, 3.05) is 35.7 Å². The molecule has 2 aromatic rings. The summed E-state index contributed by atoms with van der Waals surface area (Å²) in [5, 5.41) is 3.79. The number of carbonyl (C=O) groups is 1. The van der Waals surface area contributed by atoms with Crippen LogP contribution < -0.4 is 16.0 Å². The van der Waals surface area contributed by atoms with E-state index in [1.165, 1.54) is 0 Å². The van der Waals surface area contributed by atoms with E-state index in [-0.39, 0.29) is 6.61 Å². The highest BCUT2D eigenvalue weighted by Crippen LogP contribution is 2.32. The van der Waals surface area contributed by atoms with Crippen LogP contribution in [0.4, 0.5) is 16.6 Å². The fourth-order valence-corrected chi connectivity index (χ4v) is 5.17. The van der Waals surface area contributed by atoms with Gasteiger partial charge in [0, 0.05) is 37.7 Å². The second kappa shape index (κ2) is 9.60. The van der Waals surface area contributed by atoms with E-state index in [2.05, 4.69) is 26.3 Å². The van der Waals surface area contributed by atoms with Crippen molar-refractivity contribution in [2.45, 2.75) is 43.5 Å². The third-order valence-electron chi connectivity index (χ3n) is 5.34. The zero-order valence-electron chi connectivity index (χ0n) is 18.5. The largest absolute Gasteiger partial charge is 0.447 e. The first kappa shape index (κ1) is 23.4. The van der Waals surface area contributed by atoms with Gasteiger partial charge in [0.25, 0.3) is 0 Å². The molecule has 10 nitrogen and oxygen atoms in total. The van der Waals surface area contributed by atoms with Gasteiger partial charge in [-0.2, -0.15) is 4.98 Å². The van der Waals surface area contributed by atoms with E-state index in [1.54, 1.807) is 12.4 Å². The Labute approximate surface area is 199 Å². The minimum Gasteiger partial charge on any atom is -0.447 e. The van der Waals surface area contributed by atoms with Crippen molar-refractivity contribution in [3.8, 4) is 0 Å². The number of rotatable bonds is 6. The van der Waals surface area contributed by atoms with Crippen LogP contribution in [-0.4, -0.2) is 61.2 Å². The normalized spacial score (nSPS) is 18.3. The number of aryl methyl sites for hydroxylation is 1. The molecule has 1 amide bonds. The lowest BCUT2D eigenvalue weighted by molar-refractivity contribution is 0.138. The molecule has 2 aliphatic rings. The molecule has 1 atom stereocenters. The van der Waals surface area contributed by atoms with Crippen LogP contribution in [0, 0.1) is 0 Å². The molecule has 4 heterocycles. The average Bonchev–Trinajstić information content (AvgIpc) is 2.98. The lowest BCUT2D eigenvalue weighted by atomic mass is 10.1. The molecule has 33 heavy (non-hydrogen) atoms. The van der Waals surface area contributed by atoms with Crippen molar-refractivity contribution in [2.24, 2.45) is 5.73 Å². The number of hydrogen-bond donors (Lipinski definition) is 2. The maximum Gasteiger partial charge on any atom is 0.404 e. The van der Waals surface area contributed by atoms with Crippen LogP contribution in [0.3, 0.4) is 0 Å². The van der Waals surface area contributed by atoms with Crippen molar-refractivity contribution in [1.82, 2.24) is 19.9 Å². The predicted octanol–water partition coefficient (Wildman–Crippen LogP) is 2.55. The molecular formula is C21H26ClN7O3S. The molecule has 0 bridgehead atoms. The average molecular weight is 492 g/mol. The number of aromatic nitrogens is 4. The van der Waals surface area contributed by atoms with E-state index in [9.17, 15) is 9.00 Å². The SMILES string of the molecule is CC(C)(COC(N)=O)Nc1nc(N2CCC=C(c3ncc(Cl)cn3)CC2)nc2c1[S@@](=O)CC2. The number of amides is 1. The van der Waals surface area contributed by atoms with E-state index in [1.807, 2.05) is 13.8 Å². The van der Waals surface area contributed by atoms with Gasteiger partial charge in [0.2, 0.25) is 5.95 Å². The number of halogens is 1. The van der Waals surface area contributed by atoms with Gasteiger partial charge in [0.1, 0.15) is 17.3 Å². The Kier molecular flexibility index (Phi) is 6.80. The number of anilines is 2. The molecule has 2 aliphatic heterocycles. The van der Waals surface area contributed by atoms with E-state index >= 15 is 0 Å². The second-order valence-electron chi connectivity index (χ2n) is 8.54. The maximum absolute atomic E-state index is 12.6. The minimum absolute atomic E-state index is 0.0428. The molecule has 0 radical (unpaired) electrons. The smallest absolute Gasteiger partial charge is 0.404 e. The first-order valence-corrected chi connectivity index (χ1v) is 12.3. The highest BCUT2D eigenvalue weighted by molar-refractivity contribution is 7.85. The van der Waals surface area contributed by atoms with Crippen LogP contribution >= 0.6 is 11.6 Å². The van der Waals surface area contributed by atoms with Gasteiger partial charge in [-0.3, -0.25) is 4.21 Å². The van der Waals surface area contributed by atoms with Crippen LogP contribution in [0.1, 0.15) is 38.2 Å². The Bertz CT molecular complexity index is 1110. The van der Waals surface area contributed by atoms with Gasteiger partial charge in [0.05, 0.1) is 27.1 Å². The number of hydrogen-bond acceptors (Lipinski definition) is 9. The molecule has 3 N–H and O–H groups in total.